The van der Waals surface area contributed by atoms with E-state index in [1.807, 2.05) is 0 Å². The molecule has 0 aliphatic rings. The second-order valence-corrected chi connectivity index (χ2v) is 3.67. The van der Waals surface area contributed by atoms with Gasteiger partial charge in [-0.15, -0.1) is 0 Å². The van der Waals surface area contributed by atoms with Crippen LogP contribution in [0.25, 0.3) is 0 Å². The number of rotatable bonds is 4. The smallest absolute Gasteiger partial charge is 0.159 e. The molecule has 1 N–H and O–H groups in total. The lowest BCUT2D eigenvalue weighted by Gasteiger charge is -2.03. The molecule has 0 unspecified atom stereocenters. The first-order valence-electron chi connectivity index (χ1n) is 4.99. The van der Waals surface area contributed by atoms with Crippen molar-refractivity contribution in [2.75, 3.05) is 0 Å². The summed E-state index contributed by atoms with van der Waals surface area (Å²) in [6, 6.07) is 4.72. The van der Waals surface area contributed by atoms with E-state index in [4.69, 9.17) is 0 Å². The number of phenolic OH excluding ortho intramolecular Hbond substituents is 1. The van der Waals surface area contributed by atoms with E-state index < -0.39 is 0 Å². The molecule has 1 rings (SSSR count). The topological polar surface area (TPSA) is 54.4 Å². The van der Waals surface area contributed by atoms with Crippen molar-refractivity contribution >= 4 is 12.1 Å². The fraction of sp³-hybridized carbons (Fsp3) is 0.231. The van der Waals surface area contributed by atoms with Crippen molar-refractivity contribution in [1.82, 2.24) is 0 Å². The maximum Gasteiger partial charge on any atom is 0.159 e. The minimum Gasteiger partial charge on any atom is -0.508 e. The second-order valence-electron chi connectivity index (χ2n) is 3.67. The summed E-state index contributed by atoms with van der Waals surface area (Å²) >= 11 is 0. The molecule has 0 aliphatic heterocycles. The van der Waals surface area contributed by atoms with Crippen molar-refractivity contribution in [3.8, 4) is 5.75 Å². The fourth-order valence-corrected chi connectivity index (χ4v) is 1.29. The van der Waals surface area contributed by atoms with Crippen LogP contribution >= 0.6 is 0 Å². The van der Waals surface area contributed by atoms with Gasteiger partial charge < -0.3 is 5.11 Å². The lowest BCUT2D eigenvalue weighted by molar-refractivity contribution is -0.104. The third kappa shape index (κ3) is 3.05. The van der Waals surface area contributed by atoms with E-state index in [2.05, 4.69) is 0 Å². The van der Waals surface area contributed by atoms with Crippen LogP contribution in [0.2, 0.25) is 0 Å². The summed E-state index contributed by atoms with van der Waals surface area (Å²) in [5.41, 5.74) is 1.81. The second kappa shape index (κ2) is 5.26. The summed E-state index contributed by atoms with van der Waals surface area (Å²) in [5.74, 6) is 0.0947. The van der Waals surface area contributed by atoms with Gasteiger partial charge in [-0.25, -0.2) is 0 Å². The van der Waals surface area contributed by atoms with Gasteiger partial charge in [-0.2, -0.15) is 0 Å². The zero-order chi connectivity index (χ0) is 12.1. The van der Waals surface area contributed by atoms with Crippen LogP contribution in [0.4, 0.5) is 0 Å². The molecule has 84 valence electrons. The van der Waals surface area contributed by atoms with Crippen LogP contribution in [-0.4, -0.2) is 17.2 Å². The molecule has 0 saturated heterocycles. The largest absolute Gasteiger partial charge is 0.508 e. The van der Waals surface area contributed by atoms with Gasteiger partial charge in [0.05, 0.1) is 0 Å². The van der Waals surface area contributed by atoms with E-state index in [0.29, 0.717) is 23.1 Å². The van der Waals surface area contributed by atoms with Gasteiger partial charge >= 0.3 is 0 Å². The third-order valence-electron chi connectivity index (χ3n) is 2.32. The molecule has 0 radical (unpaired) electrons. The van der Waals surface area contributed by atoms with Crippen molar-refractivity contribution in [2.45, 2.75) is 20.3 Å². The van der Waals surface area contributed by atoms with Gasteiger partial charge in [0.25, 0.3) is 0 Å². The van der Waals surface area contributed by atoms with Crippen LogP contribution in [0.1, 0.15) is 29.8 Å². The van der Waals surface area contributed by atoms with Crippen molar-refractivity contribution in [2.24, 2.45) is 0 Å². The highest BCUT2D eigenvalue weighted by molar-refractivity contribution is 5.94. The molecular weight excluding hydrogens is 204 g/mol. The van der Waals surface area contributed by atoms with Gasteiger partial charge in [0, 0.05) is 5.56 Å². The van der Waals surface area contributed by atoms with E-state index in [-0.39, 0.29) is 11.5 Å². The van der Waals surface area contributed by atoms with Gasteiger partial charge in [0.2, 0.25) is 0 Å². The van der Waals surface area contributed by atoms with Crippen LogP contribution < -0.4 is 0 Å². The number of hydrogen-bond donors (Lipinski definition) is 1. The number of benzene rings is 1. The minimum absolute atomic E-state index is 0.0441. The Kier molecular flexibility index (Phi) is 4.00. The van der Waals surface area contributed by atoms with Gasteiger partial charge in [0.15, 0.2) is 5.78 Å². The minimum atomic E-state index is -0.0441. The van der Waals surface area contributed by atoms with E-state index in [0.717, 1.165) is 6.29 Å². The van der Waals surface area contributed by atoms with Crippen LogP contribution in [0, 0.1) is 0 Å². The zero-order valence-corrected chi connectivity index (χ0v) is 9.36. The third-order valence-corrected chi connectivity index (χ3v) is 2.32. The molecule has 0 saturated carbocycles. The molecule has 0 aliphatic carbocycles. The number of ketones is 1. The summed E-state index contributed by atoms with van der Waals surface area (Å²) in [5, 5.41) is 9.57. The molecule has 0 amide bonds. The lowest BCUT2D eigenvalue weighted by atomic mass is 10.0. The molecule has 0 aromatic heterocycles. The lowest BCUT2D eigenvalue weighted by Crippen LogP contribution is -1.94. The molecular formula is C13H14O3. The molecule has 3 nitrogen and oxygen atoms in total. The number of aromatic hydroxyl groups is 1. The van der Waals surface area contributed by atoms with Gasteiger partial charge in [-0.3, -0.25) is 9.59 Å². The summed E-state index contributed by atoms with van der Waals surface area (Å²) in [4.78, 5) is 21.6. The van der Waals surface area contributed by atoms with Gasteiger partial charge in [-0.1, -0.05) is 6.08 Å². The van der Waals surface area contributed by atoms with Crippen LogP contribution in [-0.2, 0) is 11.2 Å². The highest BCUT2D eigenvalue weighted by Crippen LogP contribution is 2.20. The summed E-state index contributed by atoms with van der Waals surface area (Å²) in [6.45, 7) is 3.17. The van der Waals surface area contributed by atoms with Crippen molar-refractivity contribution in [3.05, 3.63) is 41.0 Å². The molecule has 1 aromatic rings. The number of hydrogen-bond acceptors (Lipinski definition) is 3. The Labute approximate surface area is 94.4 Å². The Morgan fingerprint density at radius 1 is 1.38 bits per heavy atom. The number of allylic oxidation sites excluding steroid dienone is 2. The number of phenols is 1. The fourth-order valence-electron chi connectivity index (χ4n) is 1.29. The monoisotopic (exact) mass is 218 g/mol. The molecule has 0 bridgehead atoms. The number of aldehydes is 1. The first-order valence-corrected chi connectivity index (χ1v) is 4.99. The molecule has 0 spiro atoms. The number of Topliss-reactive ketones (excluding diaryl/α,β-unsaturated/α-hetero) is 1. The summed E-state index contributed by atoms with van der Waals surface area (Å²) in [7, 11) is 0. The highest BCUT2D eigenvalue weighted by atomic mass is 16.3. The Morgan fingerprint density at radius 3 is 2.62 bits per heavy atom. The Morgan fingerprint density at radius 2 is 2.06 bits per heavy atom. The molecule has 0 fully saturated rings. The predicted molar refractivity (Wildman–Crippen MR) is 61.6 cm³/mol. The average Bonchev–Trinajstić information content (AvgIpc) is 2.27. The maximum absolute atomic E-state index is 11.1. The Hall–Kier alpha value is -1.90. The molecule has 1 aromatic carbocycles. The van der Waals surface area contributed by atoms with Crippen LogP contribution in [0.3, 0.4) is 0 Å². The standard InChI is InChI=1S/C13H14O3/c1-9(8-14)3-4-12-7-11(10(2)15)5-6-13(12)16/h3,5-8,16H,4H2,1-2H3. The van der Waals surface area contributed by atoms with Crippen LogP contribution in [0.5, 0.6) is 5.75 Å². The van der Waals surface area contributed by atoms with E-state index in [9.17, 15) is 14.7 Å². The van der Waals surface area contributed by atoms with Crippen molar-refractivity contribution in [3.63, 3.8) is 0 Å². The Bertz CT molecular complexity index is 444. The summed E-state index contributed by atoms with van der Waals surface area (Å²) in [6.07, 6.45) is 2.91. The van der Waals surface area contributed by atoms with Crippen LogP contribution in [0.15, 0.2) is 29.8 Å². The molecule has 0 atom stereocenters. The van der Waals surface area contributed by atoms with Gasteiger partial charge in [-0.05, 0) is 49.6 Å². The van der Waals surface area contributed by atoms with Crippen molar-refractivity contribution < 1.29 is 14.7 Å². The Balaban J connectivity index is 2.99. The number of carbonyl (C=O) groups excluding carboxylic acids is 2. The molecule has 16 heavy (non-hydrogen) atoms. The first-order chi connectivity index (χ1) is 7.54. The highest BCUT2D eigenvalue weighted by Gasteiger charge is 2.04. The van der Waals surface area contributed by atoms with Crippen molar-refractivity contribution in [1.29, 1.82) is 0 Å². The average molecular weight is 218 g/mol. The van der Waals surface area contributed by atoms with E-state index >= 15 is 0 Å². The first kappa shape index (κ1) is 12.2. The normalized spacial score (nSPS) is 11.2. The predicted octanol–water partition coefficient (Wildman–Crippen LogP) is 2.28. The van der Waals surface area contributed by atoms with E-state index in [1.165, 1.54) is 13.0 Å². The van der Waals surface area contributed by atoms with Gasteiger partial charge in [0.1, 0.15) is 12.0 Å². The summed E-state index contributed by atoms with van der Waals surface area (Å²) < 4.78 is 0. The number of carbonyl (C=O) groups is 2. The zero-order valence-electron chi connectivity index (χ0n) is 9.36. The quantitative estimate of drug-likeness (QED) is 0.479. The molecule has 0 heterocycles. The maximum atomic E-state index is 11.1. The van der Waals surface area contributed by atoms with E-state index in [1.54, 1.807) is 25.1 Å². The SMILES string of the molecule is CC(=O)c1ccc(O)c(CC=C(C)C=O)c1. The molecule has 3 heteroatoms.